The first-order valence-electron chi connectivity index (χ1n) is 5.72. The van der Waals surface area contributed by atoms with Gasteiger partial charge >= 0.3 is 5.00 Å². The third-order valence-corrected chi connectivity index (χ3v) is 4.21. The fourth-order valence-corrected chi connectivity index (χ4v) is 2.62. The number of thiophene rings is 1. The van der Waals surface area contributed by atoms with Crippen molar-refractivity contribution < 1.29 is 9.72 Å². The molecule has 18 heavy (non-hydrogen) atoms. The van der Waals surface area contributed by atoms with Crippen molar-refractivity contribution in [2.75, 3.05) is 6.54 Å². The molecule has 7 heteroatoms. The van der Waals surface area contributed by atoms with Crippen LogP contribution in [-0.4, -0.2) is 22.9 Å². The summed E-state index contributed by atoms with van der Waals surface area (Å²) in [7, 11) is 0. The Morgan fingerprint density at radius 1 is 1.72 bits per heavy atom. The molecule has 1 amide bonds. The molecule has 0 aromatic carbocycles. The van der Waals surface area contributed by atoms with Gasteiger partial charge in [0.25, 0.3) is 5.91 Å². The highest BCUT2D eigenvalue weighted by Crippen LogP contribution is 2.39. The predicted molar refractivity (Wildman–Crippen MR) is 68.6 cm³/mol. The molecule has 1 heterocycles. The lowest BCUT2D eigenvalue weighted by Crippen LogP contribution is -2.53. The van der Waals surface area contributed by atoms with E-state index in [1.807, 2.05) is 6.92 Å². The quantitative estimate of drug-likeness (QED) is 0.625. The monoisotopic (exact) mass is 269 g/mol. The molecule has 2 rings (SSSR count). The predicted octanol–water partition coefficient (Wildman–Crippen LogP) is 1.51. The molecule has 0 aliphatic heterocycles. The first-order chi connectivity index (χ1) is 8.46. The fourth-order valence-electron chi connectivity index (χ4n) is 1.91. The van der Waals surface area contributed by atoms with Crippen LogP contribution in [0.5, 0.6) is 0 Å². The topological polar surface area (TPSA) is 98.3 Å². The summed E-state index contributed by atoms with van der Waals surface area (Å²) < 4.78 is 0. The van der Waals surface area contributed by atoms with Gasteiger partial charge in [-0.2, -0.15) is 0 Å². The number of nitrogens with one attached hydrogen (secondary N) is 1. The Hall–Kier alpha value is -1.47. The van der Waals surface area contributed by atoms with Crippen molar-refractivity contribution in [1.29, 1.82) is 0 Å². The fraction of sp³-hybridized carbons (Fsp3) is 0.545. The highest BCUT2D eigenvalue weighted by atomic mass is 32.1. The summed E-state index contributed by atoms with van der Waals surface area (Å²) in [4.78, 5) is 22.1. The van der Waals surface area contributed by atoms with Crippen molar-refractivity contribution >= 4 is 22.2 Å². The largest absolute Gasteiger partial charge is 0.345 e. The highest BCUT2D eigenvalue weighted by Gasteiger charge is 2.41. The zero-order valence-corrected chi connectivity index (χ0v) is 10.8. The van der Waals surface area contributed by atoms with E-state index in [1.165, 1.54) is 11.4 Å². The van der Waals surface area contributed by atoms with Crippen LogP contribution in [0.4, 0.5) is 5.00 Å². The van der Waals surface area contributed by atoms with Gasteiger partial charge in [0, 0.05) is 18.0 Å². The molecule has 0 saturated heterocycles. The van der Waals surface area contributed by atoms with Gasteiger partial charge in [-0.25, -0.2) is 0 Å². The zero-order chi connectivity index (χ0) is 13.3. The van der Waals surface area contributed by atoms with Gasteiger partial charge in [0.2, 0.25) is 0 Å². The molecule has 1 unspecified atom stereocenters. The van der Waals surface area contributed by atoms with Crippen molar-refractivity contribution in [1.82, 2.24) is 5.32 Å². The van der Waals surface area contributed by atoms with Crippen LogP contribution in [0.3, 0.4) is 0 Å². The maximum Gasteiger partial charge on any atom is 0.324 e. The van der Waals surface area contributed by atoms with Crippen molar-refractivity contribution in [3.8, 4) is 0 Å². The van der Waals surface area contributed by atoms with Crippen molar-refractivity contribution in [2.24, 2.45) is 11.7 Å². The Morgan fingerprint density at radius 2 is 2.39 bits per heavy atom. The summed E-state index contributed by atoms with van der Waals surface area (Å²) in [5.74, 6) is 0.124. The second-order valence-electron chi connectivity index (χ2n) is 4.78. The number of carbonyl (C=O) groups is 1. The molecule has 1 aromatic heterocycles. The molecule has 98 valence electrons. The molecular weight excluding hydrogens is 254 g/mol. The Bertz CT molecular complexity index is 484. The second-order valence-corrected chi connectivity index (χ2v) is 5.67. The van der Waals surface area contributed by atoms with E-state index in [0.717, 1.165) is 24.2 Å². The smallest absolute Gasteiger partial charge is 0.324 e. The summed E-state index contributed by atoms with van der Waals surface area (Å²) in [6.45, 7) is 2.29. The van der Waals surface area contributed by atoms with E-state index < -0.39 is 10.5 Å². The number of rotatable bonds is 5. The van der Waals surface area contributed by atoms with E-state index in [4.69, 9.17) is 5.73 Å². The molecule has 3 N–H and O–H groups in total. The molecule has 1 fully saturated rings. The Morgan fingerprint density at radius 3 is 2.83 bits per heavy atom. The standard InChI is InChI=1S/C11H15N3O3S/c1-11(6-12,8-2-3-8)13-10(15)7-4-9(14(16)17)18-5-7/h4-5,8H,2-3,6,12H2,1H3,(H,13,15). The maximum absolute atomic E-state index is 12.0. The summed E-state index contributed by atoms with van der Waals surface area (Å²) in [6, 6.07) is 1.30. The molecule has 0 bridgehead atoms. The number of carbonyl (C=O) groups excluding carboxylic acids is 1. The number of hydrogen-bond acceptors (Lipinski definition) is 5. The molecule has 1 atom stereocenters. The van der Waals surface area contributed by atoms with Crippen LogP contribution in [0.1, 0.15) is 30.1 Å². The maximum atomic E-state index is 12.0. The van der Waals surface area contributed by atoms with E-state index >= 15 is 0 Å². The van der Waals surface area contributed by atoms with Gasteiger partial charge in [0.05, 0.1) is 16.0 Å². The first kappa shape index (κ1) is 13.0. The average Bonchev–Trinajstić information content (AvgIpc) is 3.06. The Kier molecular flexibility index (Phi) is 3.36. The highest BCUT2D eigenvalue weighted by molar-refractivity contribution is 7.13. The van der Waals surface area contributed by atoms with Crippen LogP contribution in [0.2, 0.25) is 0 Å². The Balaban J connectivity index is 2.08. The number of nitro groups is 1. The molecule has 1 aliphatic rings. The molecular formula is C11H15N3O3S. The lowest BCUT2D eigenvalue weighted by molar-refractivity contribution is -0.380. The third-order valence-electron chi connectivity index (χ3n) is 3.33. The number of nitrogens with two attached hydrogens (primary N) is 1. The average molecular weight is 269 g/mol. The van der Waals surface area contributed by atoms with Crippen LogP contribution < -0.4 is 11.1 Å². The van der Waals surface area contributed by atoms with Gasteiger partial charge in [-0.3, -0.25) is 14.9 Å². The lowest BCUT2D eigenvalue weighted by atomic mass is 9.95. The number of hydrogen-bond donors (Lipinski definition) is 2. The zero-order valence-electron chi connectivity index (χ0n) is 10.0. The van der Waals surface area contributed by atoms with Crippen LogP contribution in [0.15, 0.2) is 11.4 Å². The summed E-state index contributed by atoms with van der Waals surface area (Å²) in [6.07, 6.45) is 2.13. The van der Waals surface area contributed by atoms with Gasteiger partial charge in [0.1, 0.15) is 0 Å². The minimum absolute atomic E-state index is 0.0268. The van der Waals surface area contributed by atoms with Crippen molar-refractivity contribution in [2.45, 2.75) is 25.3 Å². The van der Waals surface area contributed by atoms with E-state index in [9.17, 15) is 14.9 Å². The molecule has 0 radical (unpaired) electrons. The molecule has 1 aromatic rings. The SMILES string of the molecule is CC(CN)(NC(=O)c1csc([N+](=O)[O-])c1)C1CC1. The van der Waals surface area contributed by atoms with E-state index in [2.05, 4.69) is 5.32 Å². The molecule has 6 nitrogen and oxygen atoms in total. The minimum atomic E-state index is -0.496. The lowest BCUT2D eigenvalue weighted by Gasteiger charge is -2.29. The van der Waals surface area contributed by atoms with Crippen molar-refractivity contribution in [3.63, 3.8) is 0 Å². The normalized spacial score (nSPS) is 18.1. The van der Waals surface area contributed by atoms with Crippen molar-refractivity contribution in [3.05, 3.63) is 27.1 Å². The van der Waals surface area contributed by atoms with Gasteiger partial charge in [0.15, 0.2) is 0 Å². The van der Waals surface area contributed by atoms with Gasteiger partial charge in [-0.05, 0) is 25.7 Å². The number of nitrogens with zero attached hydrogens (tertiary/aromatic N) is 1. The van der Waals surface area contributed by atoms with Gasteiger partial charge in [-0.15, -0.1) is 0 Å². The van der Waals surface area contributed by atoms with Crippen LogP contribution >= 0.6 is 11.3 Å². The van der Waals surface area contributed by atoms with E-state index in [-0.39, 0.29) is 10.9 Å². The summed E-state index contributed by atoms with van der Waals surface area (Å²) >= 11 is 0.952. The van der Waals surface area contributed by atoms with Gasteiger partial charge in [-0.1, -0.05) is 11.3 Å². The summed E-state index contributed by atoms with van der Waals surface area (Å²) in [5.41, 5.74) is 5.62. The first-order valence-corrected chi connectivity index (χ1v) is 6.60. The number of amides is 1. The summed E-state index contributed by atoms with van der Waals surface area (Å²) in [5, 5.41) is 14.9. The van der Waals surface area contributed by atoms with Crippen LogP contribution in [0, 0.1) is 16.0 Å². The van der Waals surface area contributed by atoms with Crippen LogP contribution in [-0.2, 0) is 0 Å². The molecule has 1 saturated carbocycles. The third kappa shape index (κ3) is 2.51. The van der Waals surface area contributed by atoms with E-state index in [1.54, 1.807) is 0 Å². The second kappa shape index (κ2) is 4.66. The Labute approximate surface area is 108 Å². The minimum Gasteiger partial charge on any atom is -0.345 e. The molecule has 1 aliphatic carbocycles. The molecule has 0 spiro atoms. The van der Waals surface area contributed by atoms with E-state index in [0.29, 0.717) is 18.0 Å². The van der Waals surface area contributed by atoms with Gasteiger partial charge < -0.3 is 11.1 Å². The van der Waals surface area contributed by atoms with Crippen LogP contribution in [0.25, 0.3) is 0 Å².